The van der Waals surface area contributed by atoms with Gasteiger partial charge in [0.05, 0.1) is 19.3 Å². The van der Waals surface area contributed by atoms with Crippen molar-refractivity contribution in [1.82, 2.24) is 9.78 Å². The normalized spacial score (nSPS) is 24.3. The van der Waals surface area contributed by atoms with Crippen molar-refractivity contribution < 1.29 is 14.6 Å². The Labute approximate surface area is 108 Å². The first-order chi connectivity index (χ1) is 8.83. The summed E-state index contributed by atoms with van der Waals surface area (Å²) in [6.07, 6.45) is 5.75. The molecule has 102 valence electrons. The topological polar surface area (TPSA) is 56.5 Å². The van der Waals surface area contributed by atoms with Crippen LogP contribution in [0, 0.1) is 0 Å². The number of hydrogen-bond acceptors (Lipinski definition) is 4. The Morgan fingerprint density at radius 2 is 2.22 bits per heavy atom. The number of rotatable bonds is 6. The van der Waals surface area contributed by atoms with Crippen LogP contribution in [0.4, 0.5) is 0 Å². The second kappa shape index (κ2) is 6.87. The fraction of sp³-hybridized carbons (Fsp3) is 0.769. The lowest BCUT2D eigenvalue weighted by atomic mass is 9.84. The second-order valence-corrected chi connectivity index (χ2v) is 4.74. The van der Waals surface area contributed by atoms with Gasteiger partial charge < -0.3 is 14.6 Å². The number of aliphatic hydroxyl groups excluding tert-OH is 1. The number of aromatic nitrogens is 2. The number of nitrogens with zero attached hydrogens (tertiary/aromatic N) is 2. The van der Waals surface area contributed by atoms with E-state index in [1.807, 2.05) is 10.7 Å². The van der Waals surface area contributed by atoms with Crippen LogP contribution in [0.25, 0.3) is 0 Å². The maximum Gasteiger partial charge on any atom is 0.139 e. The first kappa shape index (κ1) is 13.5. The molecular weight excluding hydrogens is 232 g/mol. The van der Waals surface area contributed by atoms with Crippen LogP contribution >= 0.6 is 0 Å². The van der Waals surface area contributed by atoms with E-state index in [1.54, 1.807) is 13.3 Å². The molecule has 1 saturated carbocycles. The van der Waals surface area contributed by atoms with Gasteiger partial charge in [-0.1, -0.05) is 12.8 Å². The van der Waals surface area contributed by atoms with E-state index >= 15 is 0 Å². The third kappa shape index (κ3) is 3.31. The summed E-state index contributed by atoms with van der Waals surface area (Å²) in [7, 11) is 1.65. The van der Waals surface area contributed by atoms with Crippen molar-refractivity contribution in [2.75, 3.05) is 20.3 Å². The molecule has 1 aromatic heterocycles. The number of aliphatic hydroxyl groups is 1. The number of ether oxygens (including phenoxy) is 2. The largest absolute Gasteiger partial charge is 0.392 e. The SMILES string of the molecule is COCCOCn1nccc1C1CCCCC1O. The smallest absolute Gasteiger partial charge is 0.139 e. The van der Waals surface area contributed by atoms with Gasteiger partial charge in [-0.2, -0.15) is 5.10 Å². The molecule has 0 bridgehead atoms. The predicted octanol–water partition coefficient (Wildman–Crippen LogP) is 1.52. The Kier molecular flexibility index (Phi) is 5.16. The molecule has 0 aliphatic heterocycles. The lowest BCUT2D eigenvalue weighted by Gasteiger charge is -2.28. The molecule has 18 heavy (non-hydrogen) atoms. The van der Waals surface area contributed by atoms with Gasteiger partial charge in [0.25, 0.3) is 0 Å². The fourth-order valence-corrected chi connectivity index (χ4v) is 2.52. The van der Waals surface area contributed by atoms with E-state index in [4.69, 9.17) is 9.47 Å². The molecule has 1 N–H and O–H groups in total. The summed E-state index contributed by atoms with van der Waals surface area (Å²) in [4.78, 5) is 0. The number of methoxy groups -OCH3 is 1. The van der Waals surface area contributed by atoms with Gasteiger partial charge in [-0.3, -0.25) is 0 Å². The Bertz CT molecular complexity index is 354. The standard InChI is InChI=1S/C13H22N2O3/c1-17-8-9-18-10-15-12(6-7-14-15)11-4-2-3-5-13(11)16/h6-7,11,13,16H,2-5,8-10H2,1H3. The summed E-state index contributed by atoms with van der Waals surface area (Å²) in [6, 6.07) is 1.99. The fourth-order valence-electron chi connectivity index (χ4n) is 2.52. The zero-order chi connectivity index (χ0) is 12.8. The van der Waals surface area contributed by atoms with E-state index in [2.05, 4.69) is 5.10 Å². The minimum atomic E-state index is -0.242. The van der Waals surface area contributed by atoms with Gasteiger partial charge in [-0.25, -0.2) is 4.68 Å². The zero-order valence-corrected chi connectivity index (χ0v) is 10.9. The van der Waals surface area contributed by atoms with Crippen LogP contribution < -0.4 is 0 Å². The molecule has 1 fully saturated rings. The summed E-state index contributed by atoms with van der Waals surface area (Å²) in [5.74, 6) is 0.201. The molecule has 2 atom stereocenters. The molecule has 5 heteroatoms. The Balaban J connectivity index is 1.93. The summed E-state index contributed by atoms with van der Waals surface area (Å²) in [5.41, 5.74) is 1.08. The Hall–Kier alpha value is -0.910. The second-order valence-electron chi connectivity index (χ2n) is 4.74. The summed E-state index contributed by atoms with van der Waals surface area (Å²) in [5, 5.41) is 14.3. The average Bonchev–Trinajstić information content (AvgIpc) is 2.83. The van der Waals surface area contributed by atoms with Crippen LogP contribution in [0.1, 0.15) is 37.3 Å². The van der Waals surface area contributed by atoms with E-state index < -0.39 is 0 Å². The van der Waals surface area contributed by atoms with Crippen LogP contribution in [-0.2, 0) is 16.2 Å². The summed E-state index contributed by atoms with van der Waals surface area (Å²) >= 11 is 0. The zero-order valence-electron chi connectivity index (χ0n) is 10.9. The molecule has 1 heterocycles. The van der Waals surface area contributed by atoms with Gasteiger partial charge in [-0.05, 0) is 18.9 Å². The van der Waals surface area contributed by atoms with Gasteiger partial charge in [-0.15, -0.1) is 0 Å². The molecule has 2 rings (SSSR count). The van der Waals surface area contributed by atoms with E-state index in [0.29, 0.717) is 19.9 Å². The predicted molar refractivity (Wildman–Crippen MR) is 67.3 cm³/mol. The lowest BCUT2D eigenvalue weighted by molar-refractivity contribution is 0.0242. The molecule has 0 amide bonds. The van der Waals surface area contributed by atoms with Crippen LogP contribution in [0.15, 0.2) is 12.3 Å². The number of hydrogen-bond donors (Lipinski definition) is 1. The van der Waals surface area contributed by atoms with Gasteiger partial charge in [0.1, 0.15) is 6.73 Å². The molecule has 1 aromatic rings. The molecule has 0 aromatic carbocycles. The van der Waals surface area contributed by atoms with Crippen molar-refractivity contribution in [1.29, 1.82) is 0 Å². The average molecular weight is 254 g/mol. The van der Waals surface area contributed by atoms with Crippen molar-refractivity contribution in [2.24, 2.45) is 0 Å². The third-order valence-corrected chi connectivity index (χ3v) is 3.50. The van der Waals surface area contributed by atoms with E-state index in [9.17, 15) is 5.11 Å². The monoisotopic (exact) mass is 254 g/mol. The quantitative estimate of drug-likeness (QED) is 0.782. The first-order valence-corrected chi connectivity index (χ1v) is 6.59. The van der Waals surface area contributed by atoms with Crippen molar-refractivity contribution in [3.8, 4) is 0 Å². The van der Waals surface area contributed by atoms with Gasteiger partial charge in [0.2, 0.25) is 0 Å². The maximum absolute atomic E-state index is 10.1. The van der Waals surface area contributed by atoms with Crippen LogP contribution in [0.5, 0.6) is 0 Å². The van der Waals surface area contributed by atoms with Gasteiger partial charge in [0, 0.05) is 24.9 Å². The third-order valence-electron chi connectivity index (χ3n) is 3.50. The molecule has 0 saturated heterocycles. The van der Waals surface area contributed by atoms with E-state index in [-0.39, 0.29) is 12.0 Å². The van der Waals surface area contributed by atoms with Crippen molar-refractivity contribution in [2.45, 2.75) is 44.4 Å². The Morgan fingerprint density at radius 3 is 3.00 bits per heavy atom. The highest BCUT2D eigenvalue weighted by Gasteiger charge is 2.27. The molecule has 1 aliphatic carbocycles. The van der Waals surface area contributed by atoms with Crippen molar-refractivity contribution in [3.05, 3.63) is 18.0 Å². The highest BCUT2D eigenvalue weighted by Crippen LogP contribution is 2.32. The molecule has 0 spiro atoms. The van der Waals surface area contributed by atoms with Crippen molar-refractivity contribution >= 4 is 0 Å². The van der Waals surface area contributed by atoms with Crippen LogP contribution in [0.3, 0.4) is 0 Å². The van der Waals surface area contributed by atoms with Gasteiger partial charge >= 0.3 is 0 Å². The molecular formula is C13H22N2O3. The highest BCUT2D eigenvalue weighted by molar-refractivity contribution is 5.10. The van der Waals surface area contributed by atoms with E-state index in [0.717, 1.165) is 25.0 Å². The minimum absolute atomic E-state index is 0.201. The summed E-state index contributed by atoms with van der Waals surface area (Å²) in [6.45, 7) is 1.57. The van der Waals surface area contributed by atoms with E-state index in [1.165, 1.54) is 6.42 Å². The Morgan fingerprint density at radius 1 is 1.39 bits per heavy atom. The molecule has 5 nitrogen and oxygen atoms in total. The maximum atomic E-state index is 10.1. The van der Waals surface area contributed by atoms with Crippen LogP contribution in [0.2, 0.25) is 0 Å². The highest BCUT2D eigenvalue weighted by atomic mass is 16.5. The minimum Gasteiger partial charge on any atom is -0.392 e. The van der Waals surface area contributed by atoms with Gasteiger partial charge in [0.15, 0.2) is 0 Å². The molecule has 1 aliphatic rings. The molecule has 2 unspecified atom stereocenters. The summed E-state index contributed by atoms with van der Waals surface area (Å²) < 4.78 is 12.3. The van der Waals surface area contributed by atoms with Crippen molar-refractivity contribution in [3.63, 3.8) is 0 Å². The lowest BCUT2D eigenvalue weighted by Crippen LogP contribution is -2.25. The molecule has 0 radical (unpaired) electrons. The first-order valence-electron chi connectivity index (χ1n) is 6.59. The van der Waals surface area contributed by atoms with Crippen LogP contribution in [-0.4, -0.2) is 41.3 Å².